The summed E-state index contributed by atoms with van der Waals surface area (Å²) < 4.78 is 9.30. The molecule has 138 valence electrons. The Labute approximate surface area is 166 Å². The number of nitrogens with one attached hydrogen (secondary N) is 1. The Morgan fingerprint density at radius 3 is 2.70 bits per heavy atom. The van der Waals surface area contributed by atoms with Gasteiger partial charge in [0.2, 0.25) is 0 Å². The normalized spacial score (nSPS) is 19.4. The highest BCUT2D eigenvalue weighted by atomic mass is 35.5. The quantitative estimate of drug-likeness (QED) is 0.525. The molecule has 3 heterocycles. The molecule has 0 amide bonds. The molecule has 0 radical (unpaired) electrons. The average Bonchev–Trinajstić information content (AvgIpc) is 3.31. The number of allylic oxidation sites excluding steroid dienone is 2. The van der Waals surface area contributed by atoms with Crippen molar-refractivity contribution in [3.8, 4) is 11.4 Å². The molecular formula is C19H17Cl2N5O. The van der Waals surface area contributed by atoms with Gasteiger partial charge in [-0.05, 0) is 31.2 Å². The fourth-order valence-corrected chi connectivity index (χ4v) is 3.45. The number of halogens is 2. The summed E-state index contributed by atoms with van der Waals surface area (Å²) in [7, 11) is 1.55. The minimum Gasteiger partial charge on any atom is -0.341 e. The van der Waals surface area contributed by atoms with Crippen LogP contribution in [0.15, 0.2) is 61.3 Å². The molecule has 1 aliphatic rings. The van der Waals surface area contributed by atoms with Gasteiger partial charge >= 0.3 is 0 Å². The first-order chi connectivity index (χ1) is 13.0. The Morgan fingerprint density at radius 2 is 2.00 bits per heavy atom. The zero-order chi connectivity index (χ0) is 19.0. The maximum Gasteiger partial charge on any atom is 0.260 e. The maximum absolute atomic E-state index is 6.76. The van der Waals surface area contributed by atoms with Crippen LogP contribution in [0.3, 0.4) is 0 Å². The van der Waals surface area contributed by atoms with Crippen molar-refractivity contribution in [2.24, 2.45) is 0 Å². The Bertz CT molecular complexity index is 1050. The van der Waals surface area contributed by atoms with Crippen LogP contribution >= 0.6 is 23.2 Å². The van der Waals surface area contributed by atoms with Crippen LogP contribution in [0.5, 0.6) is 0 Å². The molecule has 27 heavy (non-hydrogen) atoms. The molecule has 0 saturated heterocycles. The molecule has 2 aromatic heterocycles. The predicted molar refractivity (Wildman–Crippen MR) is 107 cm³/mol. The van der Waals surface area contributed by atoms with Gasteiger partial charge in [0.05, 0.1) is 22.7 Å². The number of ether oxygens (including phenoxy) is 1. The van der Waals surface area contributed by atoms with E-state index < -0.39 is 5.18 Å². The number of aryl methyl sites for hydroxylation is 1. The summed E-state index contributed by atoms with van der Waals surface area (Å²) in [6.45, 7) is 1.92. The topological polar surface area (TPSA) is 56.9 Å². The monoisotopic (exact) mass is 401 g/mol. The second-order valence-corrected chi connectivity index (χ2v) is 6.99. The number of hydrogen-bond acceptors (Lipinski definition) is 4. The molecular weight excluding hydrogens is 385 g/mol. The third kappa shape index (κ3) is 3.16. The summed E-state index contributed by atoms with van der Waals surface area (Å²) in [5.74, 6) is 1.41. The van der Waals surface area contributed by atoms with E-state index in [0.29, 0.717) is 22.4 Å². The molecule has 6 nitrogen and oxygen atoms in total. The number of hydrogen-bond donors (Lipinski definition) is 1. The van der Waals surface area contributed by atoms with Crippen molar-refractivity contribution < 1.29 is 4.74 Å². The lowest BCUT2D eigenvalue weighted by atomic mass is 10.2. The van der Waals surface area contributed by atoms with Crippen molar-refractivity contribution in [1.82, 2.24) is 24.4 Å². The van der Waals surface area contributed by atoms with Gasteiger partial charge in [0.15, 0.2) is 0 Å². The number of imidazole rings is 2. The van der Waals surface area contributed by atoms with Crippen molar-refractivity contribution in [3.63, 3.8) is 0 Å². The van der Waals surface area contributed by atoms with E-state index in [9.17, 15) is 0 Å². The first-order valence-corrected chi connectivity index (χ1v) is 9.02. The van der Waals surface area contributed by atoms with Gasteiger partial charge in [0.25, 0.3) is 5.18 Å². The van der Waals surface area contributed by atoms with Crippen LogP contribution in [0.1, 0.15) is 5.69 Å². The molecule has 8 heteroatoms. The van der Waals surface area contributed by atoms with Crippen molar-refractivity contribution in [2.45, 2.75) is 12.1 Å². The summed E-state index contributed by atoms with van der Waals surface area (Å²) in [5.41, 5.74) is 2.41. The lowest BCUT2D eigenvalue weighted by molar-refractivity contribution is 0.0914. The first kappa shape index (κ1) is 17.9. The molecule has 1 atom stereocenters. The second-order valence-electron chi connectivity index (χ2n) is 6.05. The number of nitrogens with zero attached hydrogens (tertiary/aromatic N) is 4. The van der Waals surface area contributed by atoms with E-state index in [1.54, 1.807) is 19.6 Å². The van der Waals surface area contributed by atoms with Gasteiger partial charge in [-0.15, -0.1) is 0 Å². The highest BCUT2D eigenvalue weighted by Crippen LogP contribution is 2.34. The Balaban J connectivity index is 1.79. The molecule has 0 fully saturated rings. The summed E-state index contributed by atoms with van der Waals surface area (Å²) in [5, 5.41) is 2.59. The van der Waals surface area contributed by atoms with E-state index in [4.69, 9.17) is 27.9 Å². The highest BCUT2D eigenvalue weighted by molar-refractivity contribution is 6.33. The van der Waals surface area contributed by atoms with Gasteiger partial charge in [-0.25, -0.2) is 9.97 Å². The smallest absolute Gasteiger partial charge is 0.260 e. The van der Waals surface area contributed by atoms with E-state index in [0.717, 1.165) is 11.3 Å². The van der Waals surface area contributed by atoms with Crippen LogP contribution < -0.4 is 5.32 Å². The van der Waals surface area contributed by atoms with Crippen molar-refractivity contribution in [1.29, 1.82) is 0 Å². The summed E-state index contributed by atoms with van der Waals surface area (Å²) in [6.07, 6.45) is 10.9. The summed E-state index contributed by atoms with van der Waals surface area (Å²) in [6, 6.07) is 7.56. The van der Waals surface area contributed by atoms with Crippen LogP contribution in [0.25, 0.3) is 22.9 Å². The van der Waals surface area contributed by atoms with E-state index in [-0.39, 0.29) is 0 Å². The van der Waals surface area contributed by atoms with Gasteiger partial charge < -0.3 is 14.6 Å². The van der Waals surface area contributed by atoms with E-state index in [2.05, 4.69) is 15.3 Å². The average molecular weight is 402 g/mol. The third-order valence-electron chi connectivity index (χ3n) is 4.30. The Kier molecular flexibility index (Phi) is 4.55. The fourth-order valence-electron chi connectivity index (χ4n) is 2.98. The molecule has 3 aromatic rings. The molecule has 1 N–H and O–H groups in total. The van der Waals surface area contributed by atoms with E-state index >= 15 is 0 Å². The minimum atomic E-state index is -1.26. The molecule has 0 saturated carbocycles. The molecule has 1 aliphatic heterocycles. The fraction of sp³-hybridized carbons (Fsp3) is 0.158. The molecule has 1 unspecified atom stereocenters. The van der Waals surface area contributed by atoms with E-state index in [1.165, 1.54) is 0 Å². The van der Waals surface area contributed by atoms with Crippen LogP contribution in [0.4, 0.5) is 0 Å². The second kappa shape index (κ2) is 6.88. The Hall–Kier alpha value is -2.54. The zero-order valence-electron chi connectivity index (χ0n) is 14.7. The number of rotatable bonds is 4. The number of aromatic nitrogens is 4. The van der Waals surface area contributed by atoms with Crippen molar-refractivity contribution >= 4 is 34.7 Å². The Morgan fingerprint density at radius 1 is 1.19 bits per heavy atom. The van der Waals surface area contributed by atoms with Gasteiger partial charge in [-0.2, -0.15) is 0 Å². The maximum atomic E-state index is 6.76. The zero-order valence-corrected chi connectivity index (χ0v) is 16.2. The molecule has 0 aliphatic carbocycles. The first-order valence-electron chi connectivity index (χ1n) is 8.26. The minimum absolute atomic E-state index is 0.621. The summed E-state index contributed by atoms with van der Waals surface area (Å²) >= 11 is 13.1. The SMILES string of the molecule is COC1(Cl)NC(n2ccnc2-c2ccccc2Cl)=CC=C1n1cnc(C)c1. The van der Waals surface area contributed by atoms with Crippen molar-refractivity contribution in [2.75, 3.05) is 7.11 Å². The van der Waals surface area contributed by atoms with Crippen LogP contribution in [-0.4, -0.2) is 31.4 Å². The third-order valence-corrected chi connectivity index (χ3v) is 5.08. The van der Waals surface area contributed by atoms with Gasteiger partial charge in [0, 0.05) is 31.3 Å². The van der Waals surface area contributed by atoms with Gasteiger partial charge in [-0.1, -0.05) is 35.3 Å². The number of benzene rings is 1. The molecule has 4 rings (SSSR count). The molecule has 0 bridgehead atoms. The molecule has 1 aromatic carbocycles. The summed E-state index contributed by atoms with van der Waals surface area (Å²) in [4.78, 5) is 8.71. The van der Waals surface area contributed by atoms with Crippen molar-refractivity contribution in [3.05, 3.63) is 72.1 Å². The predicted octanol–water partition coefficient (Wildman–Crippen LogP) is 4.19. The standard InChI is InChI=1S/C19H17Cl2N5O/c1-13-11-25(12-23-13)16-7-8-17(24-19(16,21)27-2)26-10-9-22-18(26)14-5-3-4-6-15(14)20/h3-12,24H,1-2H3. The van der Waals surface area contributed by atoms with Crippen LogP contribution in [-0.2, 0) is 4.74 Å². The number of alkyl halides is 1. The largest absolute Gasteiger partial charge is 0.341 e. The van der Waals surface area contributed by atoms with Crippen LogP contribution in [0.2, 0.25) is 5.02 Å². The van der Waals surface area contributed by atoms with E-state index in [1.807, 2.05) is 64.9 Å². The van der Waals surface area contributed by atoms with Gasteiger partial charge in [0.1, 0.15) is 11.6 Å². The lowest BCUT2D eigenvalue weighted by Crippen LogP contribution is -2.45. The number of methoxy groups -OCH3 is 1. The lowest BCUT2D eigenvalue weighted by Gasteiger charge is -2.34. The number of dihydropyridines is 1. The van der Waals surface area contributed by atoms with Crippen LogP contribution in [0, 0.1) is 6.92 Å². The molecule has 0 spiro atoms. The highest BCUT2D eigenvalue weighted by Gasteiger charge is 2.37. The van der Waals surface area contributed by atoms with Gasteiger partial charge in [-0.3, -0.25) is 4.57 Å².